The molecule has 2 aromatic rings. The molecule has 0 aliphatic carbocycles. The zero-order valence-electron chi connectivity index (χ0n) is 13.6. The van der Waals surface area contributed by atoms with Gasteiger partial charge in [-0.05, 0) is 31.5 Å². The minimum absolute atomic E-state index is 0.0128. The largest absolute Gasteiger partial charge is 0.491 e. The maximum atomic E-state index is 11.9. The van der Waals surface area contributed by atoms with Crippen LogP contribution in [0.25, 0.3) is 0 Å². The van der Waals surface area contributed by atoms with Gasteiger partial charge in [-0.25, -0.2) is 0 Å². The van der Waals surface area contributed by atoms with Gasteiger partial charge >= 0.3 is 0 Å². The minimum Gasteiger partial charge on any atom is -0.491 e. The van der Waals surface area contributed by atoms with Crippen molar-refractivity contribution >= 4 is 17.7 Å². The zero-order chi connectivity index (χ0) is 16.5. The molecule has 0 fully saturated rings. The van der Waals surface area contributed by atoms with Crippen molar-refractivity contribution in [1.82, 2.24) is 5.32 Å². The molecule has 0 radical (unpaired) electrons. The lowest BCUT2D eigenvalue weighted by Gasteiger charge is -2.15. The number of carbonyl (C=O) groups is 1. The number of carbonyl (C=O) groups excluding carboxylic acids is 1. The molecular formula is C19H23NO2S. The second kappa shape index (κ2) is 9.26. The first-order chi connectivity index (χ1) is 11.1. The first kappa shape index (κ1) is 17.4. The van der Waals surface area contributed by atoms with Crippen molar-refractivity contribution in [1.29, 1.82) is 0 Å². The van der Waals surface area contributed by atoms with Crippen LogP contribution < -0.4 is 10.1 Å². The van der Waals surface area contributed by atoms with Gasteiger partial charge in [0.2, 0.25) is 5.91 Å². The molecule has 0 aromatic heterocycles. The van der Waals surface area contributed by atoms with Crippen molar-refractivity contribution in [3.05, 3.63) is 65.7 Å². The van der Waals surface area contributed by atoms with Crippen LogP contribution in [0.3, 0.4) is 0 Å². The number of rotatable bonds is 8. The van der Waals surface area contributed by atoms with E-state index in [-0.39, 0.29) is 11.9 Å². The Balaban J connectivity index is 1.63. The Kier molecular flexibility index (Phi) is 7.01. The molecule has 4 heteroatoms. The highest BCUT2D eigenvalue weighted by atomic mass is 32.2. The average molecular weight is 329 g/mol. The zero-order valence-corrected chi connectivity index (χ0v) is 14.4. The SMILES string of the molecule is Cc1ccc(OC[C@@H](C)NC(=O)CSCc2ccccc2)cc1. The highest BCUT2D eigenvalue weighted by Gasteiger charge is 2.08. The number of hydrogen-bond donors (Lipinski definition) is 1. The summed E-state index contributed by atoms with van der Waals surface area (Å²) in [6.45, 7) is 4.46. The predicted octanol–water partition coefficient (Wildman–Crippen LogP) is 3.81. The van der Waals surface area contributed by atoms with E-state index in [1.165, 1.54) is 11.1 Å². The molecule has 122 valence electrons. The second-order valence-electron chi connectivity index (χ2n) is 5.57. The molecule has 0 aliphatic heterocycles. The summed E-state index contributed by atoms with van der Waals surface area (Å²) in [6, 6.07) is 18.1. The van der Waals surface area contributed by atoms with Gasteiger partial charge in [0.05, 0.1) is 11.8 Å². The van der Waals surface area contributed by atoms with Crippen LogP contribution in [0.4, 0.5) is 0 Å². The van der Waals surface area contributed by atoms with Gasteiger partial charge in [-0.15, -0.1) is 11.8 Å². The summed E-state index contributed by atoms with van der Waals surface area (Å²) < 4.78 is 5.68. The number of ether oxygens (including phenoxy) is 1. The third kappa shape index (κ3) is 6.78. The van der Waals surface area contributed by atoms with Crippen LogP contribution in [0.15, 0.2) is 54.6 Å². The summed E-state index contributed by atoms with van der Waals surface area (Å²) in [7, 11) is 0. The van der Waals surface area contributed by atoms with Crippen LogP contribution in [0.2, 0.25) is 0 Å². The van der Waals surface area contributed by atoms with E-state index in [9.17, 15) is 4.79 Å². The van der Waals surface area contributed by atoms with Crippen LogP contribution in [0, 0.1) is 6.92 Å². The Morgan fingerprint density at radius 1 is 1.13 bits per heavy atom. The summed E-state index contributed by atoms with van der Waals surface area (Å²) in [5, 5.41) is 2.96. The molecule has 0 bridgehead atoms. The standard InChI is InChI=1S/C19H23NO2S/c1-15-8-10-18(11-9-15)22-12-16(2)20-19(21)14-23-13-17-6-4-3-5-7-17/h3-11,16H,12-14H2,1-2H3,(H,20,21)/t16-/m1/s1. The molecule has 0 unspecified atom stereocenters. The smallest absolute Gasteiger partial charge is 0.230 e. The van der Waals surface area contributed by atoms with Gasteiger partial charge < -0.3 is 10.1 Å². The monoisotopic (exact) mass is 329 g/mol. The Labute approximate surface area is 142 Å². The molecule has 0 spiro atoms. The molecule has 23 heavy (non-hydrogen) atoms. The highest BCUT2D eigenvalue weighted by molar-refractivity contribution is 7.99. The number of hydrogen-bond acceptors (Lipinski definition) is 3. The summed E-state index contributed by atoms with van der Waals surface area (Å²) in [5.41, 5.74) is 2.44. The van der Waals surface area contributed by atoms with Gasteiger partial charge in [0.25, 0.3) is 0 Å². The molecule has 2 aromatic carbocycles. The van der Waals surface area contributed by atoms with E-state index in [4.69, 9.17) is 4.74 Å². The van der Waals surface area contributed by atoms with E-state index in [0.717, 1.165) is 11.5 Å². The summed E-state index contributed by atoms with van der Waals surface area (Å²) in [5.74, 6) is 2.19. The van der Waals surface area contributed by atoms with Crippen LogP contribution in [-0.2, 0) is 10.5 Å². The van der Waals surface area contributed by atoms with Crippen molar-refractivity contribution in [3.8, 4) is 5.75 Å². The fraction of sp³-hybridized carbons (Fsp3) is 0.316. The van der Waals surface area contributed by atoms with Crippen LogP contribution in [0.1, 0.15) is 18.1 Å². The van der Waals surface area contributed by atoms with Crippen molar-refractivity contribution in [2.24, 2.45) is 0 Å². The first-order valence-electron chi connectivity index (χ1n) is 7.74. The molecular weight excluding hydrogens is 306 g/mol. The maximum absolute atomic E-state index is 11.9. The van der Waals surface area contributed by atoms with Crippen LogP contribution in [0.5, 0.6) is 5.75 Å². The highest BCUT2D eigenvalue weighted by Crippen LogP contribution is 2.12. The number of amides is 1. The quantitative estimate of drug-likeness (QED) is 0.800. The topological polar surface area (TPSA) is 38.3 Å². The predicted molar refractivity (Wildman–Crippen MR) is 96.9 cm³/mol. The third-order valence-corrected chi connectivity index (χ3v) is 4.28. The molecule has 3 nitrogen and oxygen atoms in total. The number of thioether (sulfide) groups is 1. The summed E-state index contributed by atoms with van der Waals surface area (Å²) in [6.07, 6.45) is 0. The summed E-state index contributed by atoms with van der Waals surface area (Å²) >= 11 is 1.62. The fourth-order valence-corrected chi connectivity index (χ4v) is 2.85. The Morgan fingerprint density at radius 3 is 2.52 bits per heavy atom. The first-order valence-corrected chi connectivity index (χ1v) is 8.89. The van der Waals surface area contributed by atoms with Gasteiger partial charge in [-0.3, -0.25) is 4.79 Å². The van der Waals surface area contributed by atoms with Crippen molar-refractivity contribution in [2.75, 3.05) is 12.4 Å². The lowest BCUT2D eigenvalue weighted by Crippen LogP contribution is -2.37. The average Bonchev–Trinajstić information content (AvgIpc) is 2.55. The fourth-order valence-electron chi connectivity index (χ4n) is 2.05. The van der Waals surface area contributed by atoms with Crippen LogP contribution in [-0.4, -0.2) is 24.3 Å². The molecule has 0 heterocycles. The van der Waals surface area contributed by atoms with Gasteiger partial charge in [0.1, 0.15) is 12.4 Å². The van der Waals surface area contributed by atoms with E-state index < -0.39 is 0 Å². The molecule has 0 saturated carbocycles. The maximum Gasteiger partial charge on any atom is 0.230 e. The summed E-state index contributed by atoms with van der Waals surface area (Å²) in [4.78, 5) is 11.9. The van der Waals surface area contributed by atoms with E-state index in [1.54, 1.807) is 11.8 Å². The van der Waals surface area contributed by atoms with Crippen molar-refractivity contribution < 1.29 is 9.53 Å². The normalized spacial score (nSPS) is 11.7. The Morgan fingerprint density at radius 2 is 1.83 bits per heavy atom. The number of aryl methyl sites for hydroxylation is 1. The second-order valence-corrected chi connectivity index (χ2v) is 6.56. The lowest BCUT2D eigenvalue weighted by molar-refractivity contribution is -0.119. The Hall–Kier alpha value is -1.94. The molecule has 1 atom stereocenters. The van der Waals surface area contributed by atoms with Gasteiger partial charge in [-0.1, -0.05) is 48.0 Å². The molecule has 2 rings (SSSR count). The molecule has 0 saturated heterocycles. The number of nitrogens with one attached hydrogen (secondary N) is 1. The molecule has 1 amide bonds. The molecule has 1 N–H and O–H groups in total. The lowest BCUT2D eigenvalue weighted by atomic mass is 10.2. The van der Waals surface area contributed by atoms with Gasteiger partial charge in [-0.2, -0.15) is 0 Å². The van der Waals surface area contributed by atoms with Gasteiger partial charge in [0, 0.05) is 5.75 Å². The van der Waals surface area contributed by atoms with E-state index in [0.29, 0.717) is 12.4 Å². The Bertz CT molecular complexity index is 599. The van der Waals surface area contributed by atoms with E-state index in [1.807, 2.05) is 56.3 Å². The van der Waals surface area contributed by atoms with E-state index in [2.05, 4.69) is 17.4 Å². The molecule has 0 aliphatic rings. The van der Waals surface area contributed by atoms with Crippen molar-refractivity contribution in [2.45, 2.75) is 25.6 Å². The van der Waals surface area contributed by atoms with E-state index >= 15 is 0 Å². The minimum atomic E-state index is -0.0128. The third-order valence-electron chi connectivity index (χ3n) is 3.27. The van der Waals surface area contributed by atoms with Crippen LogP contribution >= 0.6 is 11.8 Å². The van der Waals surface area contributed by atoms with Gasteiger partial charge in [0.15, 0.2) is 0 Å². The van der Waals surface area contributed by atoms with Crippen molar-refractivity contribution in [3.63, 3.8) is 0 Å². The number of benzene rings is 2.